The van der Waals surface area contributed by atoms with Crippen molar-refractivity contribution in [3.8, 4) is 11.3 Å². The van der Waals surface area contributed by atoms with E-state index in [1.807, 2.05) is 30.3 Å². The van der Waals surface area contributed by atoms with Gasteiger partial charge in [-0.25, -0.2) is 4.79 Å². The molecule has 154 valence electrons. The van der Waals surface area contributed by atoms with Crippen molar-refractivity contribution in [2.24, 2.45) is 0 Å². The molecular weight excluding hydrogens is 378 g/mol. The summed E-state index contributed by atoms with van der Waals surface area (Å²) in [4.78, 5) is 28.5. The van der Waals surface area contributed by atoms with Crippen LogP contribution in [0.5, 0.6) is 0 Å². The van der Waals surface area contributed by atoms with Gasteiger partial charge in [-0.3, -0.25) is 4.79 Å². The number of rotatable bonds is 3. The van der Waals surface area contributed by atoms with Crippen LogP contribution in [0.2, 0.25) is 0 Å². The molecule has 2 bridgehead atoms. The monoisotopic (exact) mass is 403 g/mol. The first-order valence-electron chi connectivity index (χ1n) is 10.6. The predicted octanol–water partition coefficient (Wildman–Crippen LogP) is 4.55. The molecule has 1 aromatic heterocycles. The van der Waals surface area contributed by atoms with Gasteiger partial charge in [-0.1, -0.05) is 36.4 Å². The Morgan fingerprint density at radius 1 is 1.03 bits per heavy atom. The second kappa shape index (κ2) is 7.40. The number of fused-ring (bicyclic) bond motifs is 3. The lowest BCUT2D eigenvalue weighted by Crippen LogP contribution is -2.43. The number of para-hydroxylation sites is 1. The number of piperidine rings is 1. The molecule has 0 saturated carbocycles. The van der Waals surface area contributed by atoms with Crippen LogP contribution in [0, 0.1) is 6.92 Å². The molecule has 2 aromatic carbocycles. The number of carbonyl (C=O) groups excluding carboxylic acids is 1. The van der Waals surface area contributed by atoms with Gasteiger partial charge in [-0.05, 0) is 38.9 Å². The minimum atomic E-state index is -0.416. The fourth-order valence-electron chi connectivity index (χ4n) is 5.01. The van der Waals surface area contributed by atoms with Crippen LogP contribution in [0.25, 0.3) is 22.3 Å². The largest absolute Gasteiger partial charge is 0.459 e. The fraction of sp³-hybridized carbons (Fsp3) is 0.360. The van der Waals surface area contributed by atoms with Crippen molar-refractivity contribution in [2.45, 2.75) is 50.8 Å². The molecule has 2 aliphatic heterocycles. The van der Waals surface area contributed by atoms with E-state index < -0.39 is 5.97 Å². The highest BCUT2D eigenvalue weighted by Crippen LogP contribution is 2.36. The topological polar surface area (TPSA) is 59.8 Å². The highest BCUT2D eigenvalue weighted by atomic mass is 16.5. The molecule has 0 aliphatic carbocycles. The highest BCUT2D eigenvalue weighted by molar-refractivity contribution is 6.02. The molecule has 5 heteroatoms. The summed E-state index contributed by atoms with van der Waals surface area (Å²) in [6, 6.07) is 15.6. The molecule has 2 fully saturated rings. The Bertz CT molecular complexity index is 1150. The third kappa shape index (κ3) is 3.14. The van der Waals surface area contributed by atoms with Crippen LogP contribution in [0.3, 0.4) is 0 Å². The molecule has 0 radical (unpaired) electrons. The van der Waals surface area contributed by atoms with Crippen LogP contribution < -0.4 is 5.43 Å². The molecule has 0 amide bonds. The lowest BCUT2D eigenvalue weighted by Gasteiger charge is -2.35. The van der Waals surface area contributed by atoms with Gasteiger partial charge < -0.3 is 14.1 Å². The molecule has 3 heterocycles. The lowest BCUT2D eigenvalue weighted by molar-refractivity contribution is -0.000357. The quantitative estimate of drug-likeness (QED) is 0.601. The van der Waals surface area contributed by atoms with Crippen molar-refractivity contribution < 1.29 is 13.9 Å². The van der Waals surface area contributed by atoms with E-state index in [2.05, 4.69) is 11.9 Å². The molecule has 3 atom stereocenters. The van der Waals surface area contributed by atoms with Gasteiger partial charge in [0.2, 0.25) is 0 Å². The molecule has 30 heavy (non-hydrogen) atoms. The number of benzene rings is 2. The van der Waals surface area contributed by atoms with Crippen molar-refractivity contribution >= 4 is 16.9 Å². The minimum Gasteiger partial charge on any atom is -0.459 e. The maximum absolute atomic E-state index is 13.1. The van der Waals surface area contributed by atoms with E-state index in [4.69, 9.17) is 9.15 Å². The molecule has 0 N–H and O–H groups in total. The van der Waals surface area contributed by atoms with Crippen LogP contribution in [-0.2, 0) is 4.74 Å². The highest BCUT2D eigenvalue weighted by Gasteiger charge is 2.40. The number of ether oxygens (including phenoxy) is 1. The molecule has 5 nitrogen and oxygen atoms in total. The average Bonchev–Trinajstić information content (AvgIpc) is 2.97. The number of hydrogen-bond donors (Lipinski definition) is 0. The molecule has 1 unspecified atom stereocenters. The van der Waals surface area contributed by atoms with E-state index in [1.54, 1.807) is 25.1 Å². The molecular formula is C25H25NO4. The Labute approximate surface area is 175 Å². The fourth-order valence-corrected chi connectivity index (χ4v) is 5.01. The molecule has 3 aromatic rings. The third-order valence-corrected chi connectivity index (χ3v) is 6.73. The third-order valence-electron chi connectivity index (χ3n) is 6.73. The Balaban J connectivity index is 1.52. The van der Waals surface area contributed by atoms with E-state index >= 15 is 0 Å². The SMILES string of the molecule is Cc1c(-c2ccccc2)oc2c(C(=O)OC3C[C@H]4CC[C@@H](C3)N4C)cccc2c1=O. The Morgan fingerprint density at radius 3 is 2.43 bits per heavy atom. The minimum absolute atomic E-state index is 0.0905. The molecule has 2 saturated heterocycles. The van der Waals surface area contributed by atoms with Crippen LogP contribution in [0.1, 0.15) is 41.6 Å². The van der Waals surface area contributed by atoms with Gasteiger partial charge in [-0.2, -0.15) is 0 Å². The van der Waals surface area contributed by atoms with E-state index in [0.29, 0.717) is 39.9 Å². The van der Waals surface area contributed by atoms with Crippen LogP contribution >= 0.6 is 0 Å². The first kappa shape index (κ1) is 19.1. The van der Waals surface area contributed by atoms with E-state index in [-0.39, 0.29) is 11.5 Å². The smallest absolute Gasteiger partial charge is 0.342 e. The van der Waals surface area contributed by atoms with Crippen molar-refractivity contribution in [3.05, 3.63) is 69.9 Å². The first-order valence-corrected chi connectivity index (χ1v) is 10.6. The molecule has 2 aliphatic rings. The zero-order valence-electron chi connectivity index (χ0n) is 17.3. The van der Waals surface area contributed by atoms with Gasteiger partial charge in [0.1, 0.15) is 17.4 Å². The van der Waals surface area contributed by atoms with Crippen molar-refractivity contribution in [1.82, 2.24) is 4.90 Å². The normalized spacial score (nSPS) is 23.6. The summed E-state index contributed by atoms with van der Waals surface area (Å²) in [5, 5.41) is 0.407. The summed E-state index contributed by atoms with van der Waals surface area (Å²) in [5.74, 6) is 0.0752. The molecule has 0 spiro atoms. The Morgan fingerprint density at radius 2 is 1.73 bits per heavy atom. The van der Waals surface area contributed by atoms with E-state index in [1.165, 1.54) is 0 Å². The predicted molar refractivity (Wildman–Crippen MR) is 116 cm³/mol. The summed E-state index contributed by atoms with van der Waals surface area (Å²) < 4.78 is 12.1. The van der Waals surface area contributed by atoms with Crippen LogP contribution in [-0.4, -0.2) is 36.1 Å². The molecule has 5 rings (SSSR count). The van der Waals surface area contributed by atoms with Gasteiger partial charge in [0.25, 0.3) is 0 Å². The maximum atomic E-state index is 13.1. The van der Waals surface area contributed by atoms with E-state index in [9.17, 15) is 9.59 Å². The van der Waals surface area contributed by atoms with Crippen molar-refractivity contribution in [3.63, 3.8) is 0 Å². The van der Waals surface area contributed by atoms with Gasteiger partial charge in [0.15, 0.2) is 11.0 Å². The van der Waals surface area contributed by atoms with Gasteiger partial charge >= 0.3 is 5.97 Å². The number of hydrogen-bond acceptors (Lipinski definition) is 5. The summed E-state index contributed by atoms with van der Waals surface area (Å²) in [6.45, 7) is 1.76. The summed E-state index contributed by atoms with van der Waals surface area (Å²) in [5.41, 5.74) is 1.83. The van der Waals surface area contributed by atoms with E-state index in [0.717, 1.165) is 31.2 Å². The first-order chi connectivity index (χ1) is 14.5. The number of nitrogens with zero attached hydrogens (tertiary/aromatic N) is 1. The second-order valence-corrected chi connectivity index (χ2v) is 8.48. The maximum Gasteiger partial charge on any atom is 0.342 e. The average molecular weight is 403 g/mol. The lowest BCUT2D eigenvalue weighted by atomic mass is 10.0. The van der Waals surface area contributed by atoms with Crippen LogP contribution in [0.4, 0.5) is 0 Å². The van der Waals surface area contributed by atoms with Gasteiger partial charge in [-0.15, -0.1) is 0 Å². The summed E-state index contributed by atoms with van der Waals surface area (Å²) in [7, 11) is 2.16. The van der Waals surface area contributed by atoms with Crippen molar-refractivity contribution in [1.29, 1.82) is 0 Å². The Hall–Kier alpha value is -2.92. The van der Waals surface area contributed by atoms with Gasteiger partial charge in [0, 0.05) is 36.1 Å². The second-order valence-electron chi connectivity index (χ2n) is 8.48. The standard InChI is InChI=1S/C25H25NO4/c1-15-22(27)20-9-6-10-21(24(20)30-23(15)16-7-4-3-5-8-16)25(28)29-19-13-17-11-12-18(14-19)26(17)2/h3-10,17-19H,11-14H2,1-2H3/t17-,18+,19?. The Kier molecular flexibility index (Phi) is 4.70. The zero-order valence-corrected chi connectivity index (χ0v) is 17.3. The number of carbonyl (C=O) groups is 1. The summed E-state index contributed by atoms with van der Waals surface area (Å²) >= 11 is 0. The summed E-state index contributed by atoms with van der Waals surface area (Å²) in [6.07, 6.45) is 3.96. The zero-order chi connectivity index (χ0) is 20.8. The van der Waals surface area contributed by atoms with Crippen molar-refractivity contribution in [2.75, 3.05) is 7.05 Å². The van der Waals surface area contributed by atoms with Crippen LogP contribution in [0.15, 0.2) is 57.7 Å². The van der Waals surface area contributed by atoms with Gasteiger partial charge in [0.05, 0.1) is 5.39 Å². The number of esters is 1.